The summed E-state index contributed by atoms with van der Waals surface area (Å²) in [6.45, 7) is 3.36. The average molecular weight is 269 g/mol. The largest absolute Gasteiger partial charge is 0.464 e. The van der Waals surface area contributed by atoms with E-state index in [2.05, 4.69) is 15.0 Å². The summed E-state index contributed by atoms with van der Waals surface area (Å²) in [6, 6.07) is -0.954. The number of imide groups is 1. The van der Waals surface area contributed by atoms with E-state index in [9.17, 15) is 14.4 Å². The fourth-order valence-electron chi connectivity index (χ4n) is 1.56. The van der Waals surface area contributed by atoms with Crippen molar-refractivity contribution in [3.63, 3.8) is 0 Å². The number of nitrogens with two attached hydrogens (primary N) is 1. The topological polar surface area (TPSA) is 129 Å². The minimum absolute atomic E-state index is 0.0457. The van der Waals surface area contributed by atoms with Crippen LogP contribution < -0.4 is 11.1 Å². The van der Waals surface area contributed by atoms with Gasteiger partial charge in [0.2, 0.25) is 5.91 Å². The highest BCUT2D eigenvalue weighted by atomic mass is 16.5. The van der Waals surface area contributed by atoms with E-state index in [1.165, 1.54) is 11.8 Å². The summed E-state index contributed by atoms with van der Waals surface area (Å²) in [5.41, 5.74) is 5.33. The van der Waals surface area contributed by atoms with Crippen molar-refractivity contribution < 1.29 is 19.1 Å². The van der Waals surface area contributed by atoms with E-state index in [0.717, 1.165) is 0 Å². The first-order valence-electron chi connectivity index (χ1n) is 5.47. The molecule has 9 heteroatoms. The Balaban J connectivity index is 3.02. The van der Waals surface area contributed by atoms with E-state index in [1.807, 2.05) is 19.2 Å². The number of carbonyl (C=O) groups excluding carboxylic acids is 3. The van der Waals surface area contributed by atoms with Crippen molar-refractivity contribution in [2.75, 3.05) is 7.11 Å². The minimum atomic E-state index is -0.954. The van der Waals surface area contributed by atoms with Gasteiger partial charge in [-0.25, -0.2) is 14.3 Å². The molecule has 3 N–H and O–H groups in total. The first-order chi connectivity index (χ1) is 8.86. The van der Waals surface area contributed by atoms with Gasteiger partial charge in [-0.3, -0.25) is 10.1 Å². The Labute approximate surface area is 109 Å². The lowest BCUT2D eigenvalue weighted by molar-refractivity contribution is -0.120. The van der Waals surface area contributed by atoms with E-state index in [0.29, 0.717) is 5.69 Å². The molecule has 1 aromatic rings. The molecular formula is C10H15N5O4. The van der Waals surface area contributed by atoms with Gasteiger partial charge in [-0.1, -0.05) is 19.1 Å². The van der Waals surface area contributed by atoms with Crippen LogP contribution in [0.4, 0.5) is 4.79 Å². The third kappa shape index (κ3) is 3.50. The van der Waals surface area contributed by atoms with Gasteiger partial charge in [-0.2, -0.15) is 0 Å². The number of esters is 1. The molecule has 0 radical (unpaired) electrons. The Morgan fingerprint density at radius 3 is 2.53 bits per heavy atom. The number of nitrogens with one attached hydrogen (secondary N) is 1. The summed E-state index contributed by atoms with van der Waals surface area (Å²) >= 11 is 0. The highest BCUT2D eigenvalue weighted by Gasteiger charge is 2.23. The molecule has 0 aliphatic carbocycles. The van der Waals surface area contributed by atoms with Crippen LogP contribution in [0, 0.1) is 0 Å². The lowest BCUT2D eigenvalue weighted by Crippen LogP contribution is -2.37. The first kappa shape index (κ1) is 14.6. The van der Waals surface area contributed by atoms with Gasteiger partial charge in [0, 0.05) is 0 Å². The Bertz CT molecular complexity index is 508. The second-order valence-electron chi connectivity index (χ2n) is 4.04. The van der Waals surface area contributed by atoms with Crippen LogP contribution in [-0.2, 0) is 16.1 Å². The molecule has 9 nitrogen and oxygen atoms in total. The van der Waals surface area contributed by atoms with Gasteiger partial charge in [-0.05, 0) is 5.92 Å². The molecule has 0 saturated heterocycles. The number of methoxy groups -OCH3 is 1. The van der Waals surface area contributed by atoms with E-state index >= 15 is 0 Å². The Morgan fingerprint density at radius 2 is 2.05 bits per heavy atom. The zero-order valence-electron chi connectivity index (χ0n) is 10.8. The van der Waals surface area contributed by atoms with E-state index in [-0.39, 0.29) is 18.2 Å². The monoisotopic (exact) mass is 269 g/mol. The van der Waals surface area contributed by atoms with Gasteiger partial charge in [0.1, 0.15) is 6.54 Å². The van der Waals surface area contributed by atoms with Gasteiger partial charge in [0.25, 0.3) is 0 Å². The Morgan fingerprint density at radius 1 is 1.42 bits per heavy atom. The summed E-state index contributed by atoms with van der Waals surface area (Å²) in [5.74, 6) is -1.38. The van der Waals surface area contributed by atoms with Gasteiger partial charge in [0.15, 0.2) is 5.69 Å². The van der Waals surface area contributed by atoms with Crippen molar-refractivity contribution in [1.29, 1.82) is 0 Å². The van der Waals surface area contributed by atoms with Gasteiger partial charge in [0.05, 0.1) is 12.8 Å². The van der Waals surface area contributed by atoms with Crippen LogP contribution in [-0.4, -0.2) is 40.0 Å². The standard InChI is InChI=1S/C10H15N5O4/c1-5(2)8-7(9(17)19-3)13-14-15(8)4-6(16)12-10(11)18/h5H,4H2,1-3H3,(H3,11,12,16,18). The zero-order valence-corrected chi connectivity index (χ0v) is 10.8. The third-order valence-corrected chi connectivity index (χ3v) is 2.25. The molecule has 19 heavy (non-hydrogen) atoms. The summed E-state index contributed by atoms with van der Waals surface area (Å²) in [7, 11) is 1.23. The number of ether oxygens (including phenoxy) is 1. The maximum atomic E-state index is 11.5. The fraction of sp³-hybridized carbons (Fsp3) is 0.500. The van der Waals surface area contributed by atoms with Gasteiger partial charge < -0.3 is 10.5 Å². The van der Waals surface area contributed by atoms with Crippen molar-refractivity contribution in [1.82, 2.24) is 20.3 Å². The molecule has 0 aromatic carbocycles. The van der Waals surface area contributed by atoms with Crippen molar-refractivity contribution in [2.45, 2.75) is 26.3 Å². The number of amides is 3. The van der Waals surface area contributed by atoms with Gasteiger partial charge >= 0.3 is 12.0 Å². The van der Waals surface area contributed by atoms with Crippen LogP contribution in [0.1, 0.15) is 35.9 Å². The van der Waals surface area contributed by atoms with Crippen LogP contribution >= 0.6 is 0 Å². The molecule has 1 heterocycles. The molecule has 0 aliphatic rings. The van der Waals surface area contributed by atoms with Crippen LogP contribution in [0.25, 0.3) is 0 Å². The minimum Gasteiger partial charge on any atom is -0.464 e. The molecule has 3 amide bonds. The van der Waals surface area contributed by atoms with E-state index < -0.39 is 17.9 Å². The third-order valence-electron chi connectivity index (χ3n) is 2.25. The fourth-order valence-corrected chi connectivity index (χ4v) is 1.56. The van der Waals surface area contributed by atoms with Crippen LogP contribution in [0.3, 0.4) is 0 Å². The number of aromatic nitrogens is 3. The Kier molecular flexibility index (Phi) is 4.56. The highest BCUT2D eigenvalue weighted by Crippen LogP contribution is 2.18. The molecule has 0 fully saturated rings. The molecule has 1 rings (SSSR count). The van der Waals surface area contributed by atoms with Crippen LogP contribution in [0.15, 0.2) is 0 Å². The highest BCUT2D eigenvalue weighted by molar-refractivity contribution is 5.93. The maximum Gasteiger partial charge on any atom is 0.360 e. The molecule has 0 atom stereocenters. The predicted molar refractivity (Wildman–Crippen MR) is 63.2 cm³/mol. The molecule has 0 spiro atoms. The maximum absolute atomic E-state index is 11.5. The molecule has 0 unspecified atom stereocenters. The average Bonchev–Trinajstić information content (AvgIpc) is 2.70. The number of hydrogen-bond donors (Lipinski definition) is 2. The molecule has 104 valence electrons. The first-order valence-corrected chi connectivity index (χ1v) is 5.47. The molecule has 0 aliphatic heterocycles. The Hall–Kier alpha value is -2.45. The normalized spacial score (nSPS) is 10.3. The summed E-state index contributed by atoms with van der Waals surface area (Å²) in [4.78, 5) is 33.5. The summed E-state index contributed by atoms with van der Waals surface area (Å²) in [6.07, 6.45) is 0. The van der Waals surface area contributed by atoms with Crippen LogP contribution in [0.2, 0.25) is 0 Å². The predicted octanol–water partition coefficient (Wildman–Crippen LogP) is -0.617. The van der Waals surface area contributed by atoms with Gasteiger partial charge in [-0.15, -0.1) is 5.10 Å². The number of carbonyl (C=O) groups is 3. The number of rotatable bonds is 4. The lowest BCUT2D eigenvalue weighted by atomic mass is 10.1. The smallest absolute Gasteiger partial charge is 0.360 e. The number of nitrogens with zero attached hydrogens (tertiary/aromatic N) is 3. The molecule has 0 saturated carbocycles. The number of primary amides is 1. The molecule has 0 bridgehead atoms. The van der Waals surface area contributed by atoms with E-state index in [4.69, 9.17) is 5.73 Å². The number of hydrogen-bond acceptors (Lipinski definition) is 6. The molecule has 1 aromatic heterocycles. The number of urea groups is 1. The van der Waals surface area contributed by atoms with E-state index in [1.54, 1.807) is 0 Å². The summed E-state index contributed by atoms with van der Waals surface area (Å²) < 4.78 is 5.81. The van der Waals surface area contributed by atoms with Crippen molar-refractivity contribution in [2.24, 2.45) is 5.73 Å². The second kappa shape index (κ2) is 5.94. The van der Waals surface area contributed by atoms with Crippen molar-refractivity contribution in [3.8, 4) is 0 Å². The molecular weight excluding hydrogens is 254 g/mol. The quantitative estimate of drug-likeness (QED) is 0.701. The second-order valence-corrected chi connectivity index (χ2v) is 4.04. The van der Waals surface area contributed by atoms with Crippen molar-refractivity contribution >= 4 is 17.9 Å². The SMILES string of the molecule is COC(=O)c1nnn(CC(=O)NC(N)=O)c1C(C)C. The van der Waals surface area contributed by atoms with Crippen molar-refractivity contribution in [3.05, 3.63) is 11.4 Å². The van der Waals surface area contributed by atoms with Crippen LogP contribution in [0.5, 0.6) is 0 Å². The summed E-state index contributed by atoms with van der Waals surface area (Å²) in [5, 5.41) is 9.29. The zero-order chi connectivity index (χ0) is 14.6. The lowest BCUT2D eigenvalue weighted by Gasteiger charge is -2.09.